The molecule has 0 radical (unpaired) electrons. The molecule has 0 atom stereocenters. The molecular weight excluding hydrogens is 342 g/mol. The Bertz CT molecular complexity index is 788. The molecule has 0 N–H and O–H groups in total. The molecule has 2 aromatic rings. The molecule has 0 saturated carbocycles. The van der Waals surface area contributed by atoms with E-state index in [4.69, 9.17) is 0 Å². The van der Waals surface area contributed by atoms with E-state index in [9.17, 15) is 9.59 Å². The third kappa shape index (κ3) is 4.89. The summed E-state index contributed by atoms with van der Waals surface area (Å²) in [4.78, 5) is 39.2. The molecule has 0 unspecified atom stereocenters. The fourth-order valence-electron chi connectivity index (χ4n) is 3.02. The molecule has 3 heterocycles. The minimum atomic E-state index is -0.183. The number of nitrogens with zero attached hydrogens (tertiary/aromatic N) is 5. The van der Waals surface area contributed by atoms with Crippen LogP contribution in [-0.4, -0.2) is 83.3 Å². The first-order chi connectivity index (χ1) is 13.0. The van der Waals surface area contributed by atoms with Gasteiger partial charge in [-0.25, -0.2) is 0 Å². The summed E-state index contributed by atoms with van der Waals surface area (Å²) >= 11 is 0. The van der Waals surface area contributed by atoms with Crippen molar-refractivity contribution in [2.45, 2.75) is 6.42 Å². The fraction of sp³-hybridized carbons (Fsp3) is 0.400. The molecule has 0 aliphatic carbocycles. The maximum atomic E-state index is 12.7. The van der Waals surface area contributed by atoms with Gasteiger partial charge in [0, 0.05) is 63.9 Å². The molecule has 0 aromatic carbocycles. The first-order valence-corrected chi connectivity index (χ1v) is 9.13. The van der Waals surface area contributed by atoms with E-state index >= 15 is 0 Å². The second kappa shape index (κ2) is 8.73. The Morgan fingerprint density at radius 1 is 1.07 bits per heavy atom. The molecule has 1 fully saturated rings. The maximum absolute atomic E-state index is 12.7. The van der Waals surface area contributed by atoms with Crippen LogP contribution in [0.4, 0.5) is 0 Å². The van der Waals surface area contributed by atoms with Gasteiger partial charge in [0.1, 0.15) is 5.69 Å². The van der Waals surface area contributed by atoms with Gasteiger partial charge in [0.05, 0.1) is 0 Å². The monoisotopic (exact) mass is 367 g/mol. The van der Waals surface area contributed by atoms with Crippen molar-refractivity contribution in [3.05, 3.63) is 59.7 Å². The van der Waals surface area contributed by atoms with Gasteiger partial charge in [0.15, 0.2) is 0 Å². The first-order valence-electron chi connectivity index (χ1n) is 9.13. The molecule has 0 bridgehead atoms. The quantitative estimate of drug-likeness (QED) is 0.794. The Balaban J connectivity index is 1.63. The van der Waals surface area contributed by atoms with E-state index in [1.165, 1.54) is 6.20 Å². The number of likely N-dealkylation sites (N-methyl/N-ethyl adjacent to an activating group) is 2. The smallest absolute Gasteiger partial charge is 0.272 e. The van der Waals surface area contributed by atoms with Crippen LogP contribution in [0.5, 0.6) is 0 Å². The number of carbonyl (C=O) groups excluding carboxylic acids is 2. The number of hydrogen-bond acceptors (Lipinski definition) is 5. The molecule has 2 aromatic heterocycles. The molecule has 7 heteroatoms. The van der Waals surface area contributed by atoms with Crippen molar-refractivity contribution >= 4 is 11.8 Å². The Labute approximate surface area is 159 Å². The normalized spacial score (nSPS) is 14.8. The minimum absolute atomic E-state index is 0.0426. The van der Waals surface area contributed by atoms with Crippen molar-refractivity contribution in [3.63, 3.8) is 0 Å². The average Bonchev–Trinajstić information content (AvgIpc) is 2.72. The van der Waals surface area contributed by atoms with Crippen LogP contribution < -0.4 is 0 Å². The van der Waals surface area contributed by atoms with Gasteiger partial charge in [0.2, 0.25) is 0 Å². The fourth-order valence-corrected chi connectivity index (χ4v) is 3.02. The lowest BCUT2D eigenvalue weighted by atomic mass is 10.1. The summed E-state index contributed by atoms with van der Waals surface area (Å²) in [6, 6.07) is 7.15. The second-order valence-electron chi connectivity index (χ2n) is 6.86. The van der Waals surface area contributed by atoms with E-state index in [1.807, 2.05) is 24.1 Å². The predicted octanol–water partition coefficient (Wildman–Crippen LogP) is 1.18. The van der Waals surface area contributed by atoms with Gasteiger partial charge < -0.3 is 14.7 Å². The standard InChI is InChI=1S/C20H25N5O2/c1-23-11-13-25(14-12-23)19(26)17-5-9-22-18(15-17)20(27)24(2)10-6-16-3-7-21-8-4-16/h3-5,7-9,15H,6,10-14H2,1-2H3. The molecule has 1 aliphatic heterocycles. The lowest BCUT2D eigenvalue weighted by Gasteiger charge is -2.32. The van der Waals surface area contributed by atoms with Crippen molar-refractivity contribution in [3.8, 4) is 0 Å². The van der Waals surface area contributed by atoms with Crippen molar-refractivity contribution in [1.29, 1.82) is 0 Å². The Hall–Kier alpha value is -2.80. The van der Waals surface area contributed by atoms with Crippen LogP contribution >= 0.6 is 0 Å². The molecule has 1 saturated heterocycles. The van der Waals surface area contributed by atoms with Crippen LogP contribution in [-0.2, 0) is 6.42 Å². The van der Waals surface area contributed by atoms with E-state index in [2.05, 4.69) is 14.9 Å². The Morgan fingerprint density at radius 2 is 1.78 bits per heavy atom. The zero-order chi connectivity index (χ0) is 19.2. The maximum Gasteiger partial charge on any atom is 0.272 e. The van der Waals surface area contributed by atoms with Crippen LogP contribution in [0.1, 0.15) is 26.4 Å². The number of rotatable bonds is 5. The molecule has 7 nitrogen and oxygen atoms in total. The summed E-state index contributed by atoms with van der Waals surface area (Å²) in [5, 5.41) is 0. The number of piperazine rings is 1. The highest BCUT2D eigenvalue weighted by molar-refractivity contribution is 5.98. The van der Waals surface area contributed by atoms with Crippen molar-refractivity contribution in [2.75, 3.05) is 46.8 Å². The molecule has 3 rings (SSSR count). The summed E-state index contributed by atoms with van der Waals surface area (Å²) in [5.41, 5.74) is 1.93. The van der Waals surface area contributed by atoms with E-state index < -0.39 is 0 Å². The third-order valence-electron chi connectivity index (χ3n) is 4.85. The van der Waals surface area contributed by atoms with Gasteiger partial charge in [-0.1, -0.05) is 0 Å². The van der Waals surface area contributed by atoms with Gasteiger partial charge in [-0.3, -0.25) is 19.6 Å². The van der Waals surface area contributed by atoms with Crippen LogP contribution in [0, 0.1) is 0 Å². The largest absolute Gasteiger partial charge is 0.340 e. The number of hydrogen-bond donors (Lipinski definition) is 0. The zero-order valence-corrected chi connectivity index (χ0v) is 15.8. The lowest BCUT2D eigenvalue weighted by Crippen LogP contribution is -2.47. The summed E-state index contributed by atoms with van der Waals surface area (Å²) < 4.78 is 0. The first kappa shape index (κ1) is 19.0. The highest BCUT2D eigenvalue weighted by Crippen LogP contribution is 2.11. The minimum Gasteiger partial charge on any atom is -0.340 e. The lowest BCUT2D eigenvalue weighted by molar-refractivity contribution is 0.0664. The summed E-state index contributed by atoms with van der Waals surface area (Å²) in [6.07, 6.45) is 5.76. The van der Waals surface area contributed by atoms with Crippen LogP contribution in [0.2, 0.25) is 0 Å². The van der Waals surface area contributed by atoms with Crippen molar-refractivity contribution in [2.24, 2.45) is 0 Å². The second-order valence-corrected chi connectivity index (χ2v) is 6.86. The van der Waals surface area contributed by atoms with E-state index in [1.54, 1.807) is 36.5 Å². The SMILES string of the molecule is CN1CCN(C(=O)c2ccnc(C(=O)N(C)CCc3ccncc3)c2)CC1. The van der Waals surface area contributed by atoms with Gasteiger partial charge in [-0.15, -0.1) is 0 Å². The number of carbonyl (C=O) groups is 2. The van der Waals surface area contributed by atoms with Crippen LogP contribution in [0.15, 0.2) is 42.9 Å². The van der Waals surface area contributed by atoms with E-state index in [0.717, 1.165) is 25.1 Å². The van der Waals surface area contributed by atoms with Gasteiger partial charge >= 0.3 is 0 Å². The van der Waals surface area contributed by atoms with Gasteiger partial charge in [-0.2, -0.15) is 0 Å². The average molecular weight is 367 g/mol. The van der Waals surface area contributed by atoms with Gasteiger partial charge in [0.25, 0.3) is 11.8 Å². The van der Waals surface area contributed by atoms with E-state index in [0.29, 0.717) is 30.9 Å². The van der Waals surface area contributed by atoms with Crippen molar-refractivity contribution < 1.29 is 9.59 Å². The zero-order valence-electron chi connectivity index (χ0n) is 15.8. The molecule has 0 spiro atoms. The number of amides is 2. The summed E-state index contributed by atoms with van der Waals surface area (Å²) in [6.45, 7) is 3.70. The van der Waals surface area contributed by atoms with Crippen LogP contribution in [0.25, 0.3) is 0 Å². The van der Waals surface area contributed by atoms with Gasteiger partial charge in [-0.05, 0) is 43.3 Å². The highest BCUT2D eigenvalue weighted by atomic mass is 16.2. The molecule has 1 aliphatic rings. The Kier molecular flexibility index (Phi) is 6.13. The summed E-state index contributed by atoms with van der Waals surface area (Å²) in [7, 11) is 3.80. The Morgan fingerprint density at radius 3 is 2.48 bits per heavy atom. The third-order valence-corrected chi connectivity index (χ3v) is 4.85. The number of pyridine rings is 2. The molecule has 27 heavy (non-hydrogen) atoms. The molecule has 142 valence electrons. The van der Waals surface area contributed by atoms with Crippen molar-refractivity contribution in [1.82, 2.24) is 24.7 Å². The molecule has 2 amide bonds. The topological polar surface area (TPSA) is 69.6 Å². The highest BCUT2D eigenvalue weighted by Gasteiger charge is 2.22. The summed E-state index contributed by atoms with van der Waals surface area (Å²) in [5.74, 6) is -0.226. The van der Waals surface area contributed by atoms with Crippen LogP contribution in [0.3, 0.4) is 0 Å². The predicted molar refractivity (Wildman–Crippen MR) is 103 cm³/mol. The van der Waals surface area contributed by atoms with E-state index in [-0.39, 0.29) is 11.8 Å². The molecular formula is C20H25N5O2. The number of aromatic nitrogens is 2.